The molecule has 0 N–H and O–H groups in total. The van der Waals surface area contributed by atoms with E-state index in [4.69, 9.17) is 4.74 Å². The summed E-state index contributed by atoms with van der Waals surface area (Å²) in [5.74, 6) is 2.63. The number of unbranched alkanes of at least 4 members (excludes halogenated alkanes) is 10. The number of esters is 1. The molecule has 1 atom stereocenters. The molecule has 192 valence electrons. The Morgan fingerprint density at radius 3 is 1.22 bits per heavy atom. The average molecular weight is 453 g/mol. The highest BCUT2D eigenvalue weighted by Crippen LogP contribution is 2.21. The van der Waals surface area contributed by atoms with Crippen LogP contribution in [0.1, 0.15) is 157 Å². The van der Waals surface area contributed by atoms with E-state index in [9.17, 15) is 4.79 Å². The van der Waals surface area contributed by atoms with Crippen molar-refractivity contribution in [2.45, 2.75) is 157 Å². The van der Waals surface area contributed by atoms with Gasteiger partial charge in [-0.2, -0.15) is 0 Å². The molecule has 2 heteroatoms. The first kappa shape index (κ1) is 31.5. The van der Waals surface area contributed by atoms with Crippen LogP contribution in [0.3, 0.4) is 0 Å². The maximum absolute atomic E-state index is 12.7. The molecular formula is C30H60O2. The first-order valence-corrected chi connectivity index (χ1v) is 14.5. The molecule has 0 aromatic carbocycles. The van der Waals surface area contributed by atoms with Gasteiger partial charge in [0.2, 0.25) is 0 Å². The van der Waals surface area contributed by atoms with Gasteiger partial charge in [0, 0.05) is 0 Å². The van der Waals surface area contributed by atoms with Crippen LogP contribution in [0.15, 0.2) is 0 Å². The topological polar surface area (TPSA) is 26.3 Å². The lowest BCUT2D eigenvalue weighted by atomic mass is 9.93. The summed E-state index contributed by atoms with van der Waals surface area (Å²) in [4.78, 5) is 12.7. The molecule has 0 amide bonds. The number of carbonyl (C=O) groups is 1. The number of carbonyl (C=O) groups excluding carboxylic acids is 1. The van der Waals surface area contributed by atoms with Gasteiger partial charge >= 0.3 is 5.97 Å². The average Bonchev–Trinajstić information content (AvgIpc) is 2.72. The molecule has 1 unspecified atom stereocenters. The van der Waals surface area contributed by atoms with Crippen LogP contribution in [-0.4, -0.2) is 12.6 Å². The highest BCUT2D eigenvalue weighted by molar-refractivity contribution is 5.72. The van der Waals surface area contributed by atoms with Gasteiger partial charge in [0.05, 0.1) is 12.5 Å². The molecule has 0 saturated carbocycles. The van der Waals surface area contributed by atoms with E-state index in [1.807, 2.05) is 0 Å². The monoisotopic (exact) mass is 452 g/mol. The summed E-state index contributed by atoms with van der Waals surface area (Å²) >= 11 is 0. The lowest BCUT2D eigenvalue weighted by Gasteiger charge is -2.16. The van der Waals surface area contributed by atoms with Crippen LogP contribution >= 0.6 is 0 Å². The minimum absolute atomic E-state index is 0.0883. The Balaban J connectivity index is 4.03. The van der Waals surface area contributed by atoms with Gasteiger partial charge < -0.3 is 4.74 Å². The zero-order valence-electron chi connectivity index (χ0n) is 23.1. The van der Waals surface area contributed by atoms with E-state index in [0.717, 1.165) is 37.0 Å². The third-order valence-corrected chi connectivity index (χ3v) is 6.67. The summed E-state index contributed by atoms with van der Waals surface area (Å²) in [5, 5.41) is 0. The fraction of sp³-hybridized carbons (Fsp3) is 0.967. The van der Waals surface area contributed by atoms with Crippen molar-refractivity contribution in [2.75, 3.05) is 6.61 Å². The van der Waals surface area contributed by atoms with Crippen molar-refractivity contribution >= 4 is 5.97 Å². The fourth-order valence-corrected chi connectivity index (χ4v) is 4.45. The molecule has 0 radical (unpaired) electrons. The molecule has 0 aliphatic carbocycles. The molecule has 0 heterocycles. The van der Waals surface area contributed by atoms with Crippen molar-refractivity contribution in [2.24, 2.45) is 23.7 Å². The lowest BCUT2D eigenvalue weighted by Crippen LogP contribution is -2.18. The third kappa shape index (κ3) is 22.7. The third-order valence-electron chi connectivity index (χ3n) is 6.67. The van der Waals surface area contributed by atoms with Crippen LogP contribution in [0.2, 0.25) is 0 Å². The smallest absolute Gasteiger partial charge is 0.308 e. The molecule has 2 nitrogen and oxygen atoms in total. The van der Waals surface area contributed by atoms with Gasteiger partial charge in [-0.1, -0.05) is 138 Å². The Hall–Kier alpha value is -0.530. The van der Waals surface area contributed by atoms with Gasteiger partial charge in [-0.05, 0) is 37.0 Å². The lowest BCUT2D eigenvalue weighted by molar-refractivity contribution is -0.149. The molecule has 0 spiro atoms. The SMILES string of the molecule is CC(C)CCCCCCCCCC(CCCCC(C)C)C(=O)OCCCCCCC(C)C. The number of hydrogen-bond donors (Lipinski definition) is 0. The molecule has 0 saturated heterocycles. The highest BCUT2D eigenvalue weighted by Gasteiger charge is 2.19. The van der Waals surface area contributed by atoms with Crippen LogP contribution in [0.25, 0.3) is 0 Å². The van der Waals surface area contributed by atoms with E-state index in [1.54, 1.807) is 0 Å². The van der Waals surface area contributed by atoms with Gasteiger partial charge in [0.15, 0.2) is 0 Å². The van der Waals surface area contributed by atoms with Crippen molar-refractivity contribution in [1.29, 1.82) is 0 Å². The molecule has 0 rings (SSSR count). The first-order valence-electron chi connectivity index (χ1n) is 14.5. The number of hydrogen-bond acceptors (Lipinski definition) is 2. The van der Waals surface area contributed by atoms with Crippen molar-refractivity contribution in [3.05, 3.63) is 0 Å². The summed E-state index contributed by atoms with van der Waals surface area (Å²) in [6.07, 6.45) is 22.5. The summed E-state index contributed by atoms with van der Waals surface area (Å²) in [7, 11) is 0. The predicted octanol–water partition coefficient (Wildman–Crippen LogP) is 10.1. The molecule has 0 bridgehead atoms. The second-order valence-electron chi connectivity index (χ2n) is 11.6. The Morgan fingerprint density at radius 2 is 0.781 bits per heavy atom. The number of rotatable bonds is 23. The van der Waals surface area contributed by atoms with Gasteiger partial charge in [-0.15, -0.1) is 0 Å². The van der Waals surface area contributed by atoms with Crippen molar-refractivity contribution in [3.8, 4) is 0 Å². The van der Waals surface area contributed by atoms with Gasteiger partial charge in [-0.25, -0.2) is 0 Å². The van der Waals surface area contributed by atoms with E-state index in [2.05, 4.69) is 41.5 Å². The maximum atomic E-state index is 12.7. The van der Waals surface area contributed by atoms with E-state index in [0.29, 0.717) is 6.61 Å². The van der Waals surface area contributed by atoms with Crippen LogP contribution in [0.5, 0.6) is 0 Å². The standard InChI is InChI=1S/C30H60O2/c1-26(2)20-14-10-8-7-9-11-16-23-29(24-18-17-22-28(5)6)30(31)32-25-19-13-12-15-21-27(3)4/h26-29H,7-25H2,1-6H3. The van der Waals surface area contributed by atoms with Crippen molar-refractivity contribution < 1.29 is 9.53 Å². The van der Waals surface area contributed by atoms with Crippen LogP contribution < -0.4 is 0 Å². The zero-order valence-corrected chi connectivity index (χ0v) is 23.1. The fourth-order valence-electron chi connectivity index (χ4n) is 4.45. The van der Waals surface area contributed by atoms with Crippen LogP contribution in [-0.2, 0) is 9.53 Å². The van der Waals surface area contributed by atoms with E-state index in [1.165, 1.54) is 96.3 Å². The molecule has 0 aromatic heterocycles. The molecule has 0 fully saturated rings. The van der Waals surface area contributed by atoms with Crippen molar-refractivity contribution in [3.63, 3.8) is 0 Å². The Kier molecular flexibility index (Phi) is 21.9. The minimum Gasteiger partial charge on any atom is -0.465 e. The first-order chi connectivity index (χ1) is 15.3. The summed E-state index contributed by atoms with van der Waals surface area (Å²) in [5.41, 5.74) is 0. The molecule has 32 heavy (non-hydrogen) atoms. The van der Waals surface area contributed by atoms with Gasteiger partial charge in [-0.3, -0.25) is 4.79 Å². The highest BCUT2D eigenvalue weighted by atomic mass is 16.5. The van der Waals surface area contributed by atoms with Crippen LogP contribution in [0, 0.1) is 23.7 Å². The van der Waals surface area contributed by atoms with Gasteiger partial charge in [0.25, 0.3) is 0 Å². The molecule has 0 aliphatic heterocycles. The summed E-state index contributed by atoms with van der Waals surface area (Å²) in [6.45, 7) is 14.4. The summed E-state index contributed by atoms with van der Waals surface area (Å²) < 4.78 is 5.71. The van der Waals surface area contributed by atoms with E-state index >= 15 is 0 Å². The molecule has 0 aromatic rings. The predicted molar refractivity (Wildman–Crippen MR) is 142 cm³/mol. The second-order valence-corrected chi connectivity index (χ2v) is 11.6. The largest absolute Gasteiger partial charge is 0.465 e. The Labute approximate surface area is 203 Å². The Bertz CT molecular complexity index is 400. The van der Waals surface area contributed by atoms with E-state index in [-0.39, 0.29) is 11.9 Å². The minimum atomic E-state index is 0.0883. The Morgan fingerprint density at radius 1 is 0.469 bits per heavy atom. The van der Waals surface area contributed by atoms with Gasteiger partial charge in [0.1, 0.15) is 0 Å². The number of ether oxygens (including phenoxy) is 1. The maximum Gasteiger partial charge on any atom is 0.308 e. The second kappa shape index (κ2) is 22.3. The normalized spacial score (nSPS) is 12.8. The molecular weight excluding hydrogens is 392 g/mol. The quantitative estimate of drug-likeness (QED) is 0.114. The van der Waals surface area contributed by atoms with Crippen LogP contribution in [0.4, 0.5) is 0 Å². The summed E-state index contributed by atoms with van der Waals surface area (Å²) in [6, 6.07) is 0. The van der Waals surface area contributed by atoms with E-state index < -0.39 is 0 Å². The molecule has 0 aliphatic rings. The van der Waals surface area contributed by atoms with Crippen molar-refractivity contribution in [1.82, 2.24) is 0 Å². The zero-order chi connectivity index (χ0) is 24.0.